The van der Waals surface area contributed by atoms with Crippen molar-refractivity contribution >= 4 is 17.3 Å². The van der Waals surface area contributed by atoms with E-state index in [1.54, 1.807) is 31.3 Å². The molecule has 2 heterocycles. The van der Waals surface area contributed by atoms with E-state index < -0.39 is 17.5 Å². The number of nitrogens with one attached hydrogen (secondary N) is 2. The highest BCUT2D eigenvalue weighted by Gasteiger charge is 2.39. The van der Waals surface area contributed by atoms with Crippen LogP contribution in [0.1, 0.15) is 46.0 Å². The maximum atomic E-state index is 16.2. The van der Waals surface area contributed by atoms with Gasteiger partial charge in [0.1, 0.15) is 22.8 Å². The van der Waals surface area contributed by atoms with E-state index in [0.717, 1.165) is 12.8 Å². The Bertz CT molecular complexity index is 1560. The Kier molecular flexibility index (Phi) is 5.94. The molecule has 0 radical (unpaired) electrons. The Morgan fingerprint density at radius 3 is 2.38 bits per heavy atom. The highest BCUT2D eigenvalue weighted by atomic mass is 19.1. The first-order valence-corrected chi connectivity index (χ1v) is 11.9. The Labute approximate surface area is 212 Å². The standard InChI is InChI=1S/C28H26F2N4O3/c1-15-13-21(37-4)20(26(35)32-28(2)10-11-28)14-19(15)18-9-12-34-25(23(18)30)22(27(36)31-3)24(33-34)16-5-7-17(29)8-6-16/h5-9,12-14H,10-11H2,1-4H3,(H,31,36)(H,32,35). The predicted molar refractivity (Wildman–Crippen MR) is 136 cm³/mol. The molecule has 0 aliphatic heterocycles. The van der Waals surface area contributed by atoms with Crippen molar-refractivity contribution in [3.63, 3.8) is 0 Å². The third kappa shape index (κ3) is 4.30. The average Bonchev–Trinajstić information content (AvgIpc) is 3.47. The predicted octanol–water partition coefficient (Wildman–Crippen LogP) is 4.91. The topological polar surface area (TPSA) is 84.7 Å². The first-order valence-electron chi connectivity index (χ1n) is 11.9. The number of methoxy groups -OCH3 is 1. The molecule has 190 valence electrons. The summed E-state index contributed by atoms with van der Waals surface area (Å²) in [6.45, 7) is 3.77. The quantitative estimate of drug-likeness (QED) is 0.391. The summed E-state index contributed by atoms with van der Waals surface area (Å²) < 4.78 is 36.5. The summed E-state index contributed by atoms with van der Waals surface area (Å²) in [5.74, 6) is -1.55. The molecule has 7 nitrogen and oxygen atoms in total. The lowest BCUT2D eigenvalue weighted by Crippen LogP contribution is -2.34. The minimum absolute atomic E-state index is 0.0251. The molecule has 0 atom stereocenters. The molecule has 0 saturated heterocycles. The minimum Gasteiger partial charge on any atom is -0.496 e. The van der Waals surface area contributed by atoms with Crippen molar-refractivity contribution in [1.29, 1.82) is 0 Å². The van der Waals surface area contributed by atoms with Gasteiger partial charge in [0.2, 0.25) is 0 Å². The van der Waals surface area contributed by atoms with Gasteiger partial charge >= 0.3 is 0 Å². The van der Waals surface area contributed by atoms with Crippen LogP contribution in [0.3, 0.4) is 0 Å². The van der Waals surface area contributed by atoms with Crippen molar-refractivity contribution in [2.75, 3.05) is 14.2 Å². The van der Waals surface area contributed by atoms with Crippen LogP contribution < -0.4 is 15.4 Å². The number of carbonyl (C=O) groups excluding carboxylic acids is 2. The van der Waals surface area contributed by atoms with Gasteiger partial charge < -0.3 is 15.4 Å². The second kappa shape index (κ2) is 8.99. The van der Waals surface area contributed by atoms with Gasteiger partial charge in [0.05, 0.1) is 18.2 Å². The van der Waals surface area contributed by atoms with Crippen molar-refractivity contribution in [2.24, 2.45) is 0 Å². The number of rotatable bonds is 6. The van der Waals surface area contributed by atoms with E-state index in [9.17, 15) is 14.0 Å². The van der Waals surface area contributed by atoms with Gasteiger partial charge in [0, 0.05) is 29.9 Å². The SMILES string of the molecule is CNC(=O)c1c(-c2ccc(F)cc2)nn2ccc(-c3cc(C(=O)NC4(C)CC4)c(OC)cc3C)c(F)c12. The van der Waals surface area contributed by atoms with Crippen LogP contribution in [-0.4, -0.2) is 41.1 Å². The summed E-state index contributed by atoms with van der Waals surface area (Å²) in [5, 5.41) is 9.99. The van der Waals surface area contributed by atoms with Crippen molar-refractivity contribution in [3.05, 3.63) is 77.0 Å². The molecule has 0 unspecified atom stereocenters. The molecule has 9 heteroatoms. The van der Waals surface area contributed by atoms with Crippen LogP contribution in [0, 0.1) is 18.6 Å². The Hall–Kier alpha value is -4.27. The fraction of sp³-hybridized carbons (Fsp3) is 0.250. The van der Waals surface area contributed by atoms with E-state index in [4.69, 9.17) is 4.74 Å². The lowest BCUT2D eigenvalue weighted by atomic mass is 9.96. The number of carbonyl (C=O) groups is 2. The monoisotopic (exact) mass is 504 g/mol. The Morgan fingerprint density at radius 2 is 1.76 bits per heavy atom. The van der Waals surface area contributed by atoms with Gasteiger partial charge in [-0.15, -0.1) is 0 Å². The van der Waals surface area contributed by atoms with Crippen LogP contribution >= 0.6 is 0 Å². The number of fused-ring (bicyclic) bond motifs is 1. The summed E-state index contributed by atoms with van der Waals surface area (Å²) >= 11 is 0. The van der Waals surface area contributed by atoms with Crippen molar-refractivity contribution in [3.8, 4) is 28.1 Å². The summed E-state index contributed by atoms with van der Waals surface area (Å²) in [7, 11) is 2.93. The maximum absolute atomic E-state index is 16.2. The molecule has 37 heavy (non-hydrogen) atoms. The van der Waals surface area contributed by atoms with Crippen molar-refractivity contribution < 1.29 is 23.1 Å². The molecular weight excluding hydrogens is 478 g/mol. The van der Waals surface area contributed by atoms with E-state index >= 15 is 4.39 Å². The molecule has 1 saturated carbocycles. The molecule has 2 amide bonds. The van der Waals surface area contributed by atoms with Crippen LogP contribution in [-0.2, 0) is 0 Å². The second-order valence-electron chi connectivity index (χ2n) is 9.53. The maximum Gasteiger partial charge on any atom is 0.255 e. The summed E-state index contributed by atoms with van der Waals surface area (Å²) in [6, 6.07) is 10.3. The van der Waals surface area contributed by atoms with Crippen LogP contribution in [0.5, 0.6) is 5.75 Å². The molecule has 2 aromatic carbocycles. The van der Waals surface area contributed by atoms with Crippen molar-refractivity contribution in [1.82, 2.24) is 20.2 Å². The number of aromatic nitrogens is 2. The smallest absolute Gasteiger partial charge is 0.255 e. The first kappa shape index (κ1) is 24.4. The number of nitrogens with zero attached hydrogens (tertiary/aromatic N) is 2. The number of benzene rings is 2. The van der Waals surface area contributed by atoms with Crippen LogP contribution in [0.4, 0.5) is 8.78 Å². The van der Waals surface area contributed by atoms with Gasteiger partial charge in [-0.05, 0) is 80.3 Å². The normalized spacial score (nSPS) is 13.9. The Morgan fingerprint density at radius 1 is 1.05 bits per heavy atom. The third-order valence-corrected chi connectivity index (χ3v) is 6.81. The zero-order chi connectivity index (χ0) is 26.5. The number of pyridine rings is 1. The summed E-state index contributed by atoms with van der Waals surface area (Å²) in [6.07, 6.45) is 3.34. The van der Waals surface area contributed by atoms with E-state index in [1.807, 2.05) is 6.92 Å². The zero-order valence-electron chi connectivity index (χ0n) is 20.9. The molecule has 2 aromatic heterocycles. The third-order valence-electron chi connectivity index (χ3n) is 6.81. The fourth-order valence-electron chi connectivity index (χ4n) is 4.43. The van der Waals surface area contributed by atoms with Crippen LogP contribution in [0.2, 0.25) is 0 Å². The van der Waals surface area contributed by atoms with Gasteiger partial charge in [-0.2, -0.15) is 5.10 Å². The van der Waals surface area contributed by atoms with Crippen LogP contribution in [0.25, 0.3) is 27.9 Å². The first-order chi connectivity index (χ1) is 17.7. The van der Waals surface area contributed by atoms with E-state index in [1.165, 1.54) is 42.9 Å². The minimum atomic E-state index is -0.671. The zero-order valence-corrected chi connectivity index (χ0v) is 20.9. The molecule has 1 aliphatic rings. The number of amides is 2. The van der Waals surface area contributed by atoms with E-state index in [2.05, 4.69) is 15.7 Å². The number of hydrogen-bond acceptors (Lipinski definition) is 4. The molecule has 5 rings (SSSR count). The van der Waals surface area contributed by atoms with E-state index in [0.29, 0.717) is 28.0 Å². The number of ether oxygens (including phenoxy) is 1. The Balaban J connectivity index is 1.70. The van der Waals surface area contributed by atoms with Gasteiger partial charge in [-0.1, -0.05) is 0 Å². The second-order valence-corrected chi connectivity index (χ2v) is 9.53. The fourth-order valence-corrected chi connectivity index (χ4v) is 4.43. The highest BCUT2D eigenvalue weighted by Crippen LogP contribution is 2.38. The van der Waals surface area contributed by atoms with Crippen molar-refractivity contribution in [2.45, 2.75) is 32.2 Å². The molecule has 0 bridgehead atoms. The lowest BCUT2D eigenvalue weighted by molar-refractivity contribution is 0.0930. The van der Waals surface area contributed by atoms with Gasteiger partial charge in [0.15, 0.2) is 5.82 Å². The largest absolute Gasteiger partial charge is 0.496 e. The highest BCUT2D eigenvalue weighted by molar-refractivity contribution is 6.07. The van der Waals surface area contributed by atoms with Crippen LogP contribution in [0.15, 0.2) is 48.7 Å². The molecule has 0 spiro atoms. The molecule has 4 aromatic rings. The van der Waals surface area contributed by atoms with E-state index in [-0.39, 0.29) is 33.8 Å². The molecule has 2 N–H and O–H groups in total. The summed E-state index contributed by atoms with van der Waals surface area (Å²) in [5.41, 5.74) is 2.12. The number of halogens is 2. The van der Waals surface area contributed by atoms with Gasteiger partial charge in [-0.3, -0.25) is 9.59 Å². The lowest BCUT2D eigenvalue weighted by Gasteiger charge is -2.17. The molecule has 1 fully saturated rings. The molecular formula is C28H26F2N4O3. The van der Waals surface area contributed by atoms with Gasteiger partial charge in [-0.25, -0.2) is 13.3 Å². The van der Waals surface area contributed by atoms with Gasteiger partial charge in [0.25, 0.3) is 11.8 Å². The molecule has 1 aliphatic carbocycles. The average molecular weight is 505 g/mol. The number of aryl methyl sites for hydroxylation is 1. The summed E-state index contributed by atoms with van der Waals surface area (Å²) in [4.78, 5) is 26.0. The number of hydrogen-bond donors (Lipinski definition) is 2.